The molecule has 0 saturated carbocycles. The summed E-state index contributed by atoms with van der Waals surface area (Å²) in [5, 5.41) is 0.675. The number of rotatable bonds is 3. The van der Waals surface area contributed by atoms with Crippen LogP contribution in [0.5, 0.6) is 0 Å². The third-order valence-electron chi connectivity index (χ3n) is 2.07. The van der Waals surface area contributed by atoms with Crippen LogP contribution >= 0.6 is 24.0 Å². The molecule has 0 saturated heterocycles. The van der Waals surface area contributed by atoms with Crippen molar-refractivity contribution in [2.75, 3.05) is 7.05 Å². The third kappa shape index (κ3) is 4.39. The number of halogens is 2. The maximum absolute atomic E-state index is 11.5. The van der Waals surface area contributed by atoms with E-state index >= 15 is 0 Å². The highest BCUT2D eigenvalue weighted by Crippen LogP contribution is 2.12. The topological polar surface area (TPSA) is 46.3 Å². The summed E-state index contributed by atoms with van der Waals surface area (Å²) in [6, 6.07) is 6.97. The minimum absolute atomic E-state index is 0. The van der Waals surface area contributed by atoms with Crippen LogP contribution in [0.25, 0.3) is 0 Å². The minimum atomic E-state index is -0.464. The van der Waals surface area contributed by atoms with E-state index in [1.807, 2.05) is 18.2 Å². The van der Waals surface area contributed by atoms with E-state index in [1.165, 1.54) is 0 Å². The second kappa shape index (κ2) is 6.74. The molecule has 3 nitrogen and oxygen atoms in total. The van der Waals surface area contributed by atoms with E-state index in [4.69, 9.17) is 17.3 Å². The van der Waals surface area contributed by atoms with Crippen LogP contribution in [0, 0.1) is 0 Å². The van der Waals surface area contributed by atoms with Gasteiger partial charge in [-0.3, -0.25) is 4.79 Å². The summed E-state index contributed by atoms with van der Waals surface area (Å²) in [4.78, 5) is 13.1. The number of nitrogens with two attached hydrogens (primary N) is 1. The largest absolute Gasteiger partial charge is 0.340 e. The highest BCUT2D eigenvalue weighted by Gasteiger charge is 2.13. The highest BCUT2D eigenvalue weighted by atomic mass is 35.5. The maximum atomic E-state index is 11.5. The Morgan fingerprint density at radius 1 is 1.56 bits per heavy atom. The van der Waals surface area contributed by atoms with Crippen molar-refractivity contribution in [2.24, 2.45) is 5.73 Å². The molecule has 0 unspecified atom stereocenters. The van der Waals surface area contributed by atoms with Crippen LogP contribution in [0.15, 0.2) is 24.3 Å². The Hall–Kier alpha value is -0.770. The van der Waals surface area contributed by atoms with Crippen LogP contribution in [0.4, 0.5) is 0 Å². The van der Waals surface area contributed by atoms with Crippen LogP contribution < -0.4 is 5.73 Å². The van der Waals surface area contributed by atoms with E-state index in [2.05, 4.69) is 0 Å². The molecule has 0 radical (unpaired) electrons. The van der Waals surface area contributed by atoms with Crippen molar-refractivity contribution in [1.29, 1.82) is 0 Å². The first kappa shape index (κ1) is 15.2. The van der Waals surface area contributed by atoms with E-state index in [1.54, 1.807) is 24.9 Å². The van der Waals surface area contributed by atoms with Gasteiger partial charge in [0.25, 0.3) is 0 Å². The maximum Gasteiger partial charge on any atom is 0.239 e. The van der Waals surface area contributed by atoms with Gasteiger partial charge in [-0.15, -0.1) is 12.4 Å². The molecule has 0 aliphatic carbocycles. The van der Waals surface area contributed by atoms with Gasteiger partial charge in [0.15, 0.2) is 0 Å². The monoisotopic (exact) mass is 262 g/mol. The third-order valence-corrected chi connectivity index (χ3v) is 2.31. The molecule has 1 aromatic carbocycles. The number of carbonyl (C=O) groups is 1. The molecule has 1 amide bonds. The average molecular weight is 263 g/mol. The molecule has 1 aromatic rings. The summed E-state index contributed by atoms with van der Waals surface area (Å²) in [5.41, 5.74) is 6.50. The van der Waals surface area contributed by atoms with Gasteiger partial charge in [0.05, 0.1) is 6.04 Å². The number of benzene rings is 1. The molecule has 1 rings (SSSR count). The second-order valence-electron chi connectivity index (χ2n) is 3.61. The Kier molecular flexibility index (Phi) is 6.41. The van der Waals surface area contributed by atoms with E-state index in [0.717, 1.165) is 5.56 Å². The summed E-state index contributed by atoms with van der Waals surface area (Å²) in [6.45, 7) is 2.21. The number of hydrogen-bond acceptors (Lipinski definition) is 2. The van der Waals surface area contributed by atoms with Gasteiger partial charge < -0.3 is 10.6 Å². The van der Waals surface area contributed by atoms with Gasteiger partial charge in [-0.2, -0.15) is 0 Å². The standard InChI is InChI=1S/C11H15ClN2O.ClH/c1-8(13)11(15)14(2)7-9-4-3-5-10(12)6-9;/h3-6,8H,7,13H2,1-2H3;1H/t8-;/m1./s1. The van der Waals surface area contributed by atoms with E-state index in [-0.39, 0.29) is 18.3 Å². The summed E-state index contributed by atoms with van der Waals surface area (Å²) < 4.78 is 0. The molecule has 0 heterocycles. The fourth-order valence-electron chi connectivity index (χ4n) is 1.33. The molecule has 0 aliphatic heterocycles. The first-order valence-corrected chi connectivity index (χ1v) is 5.13. The van der Waals surface area contributed by atoms with Gasteiger partial charge in [0.1, 0.15) is 0 Å². The highest BCUT2D eigenvalue weighted by molar-refractivity contribution is 6.30. The lowest BCUT2D eigenvalue weighted by Crippen LogP contribution is -2.39. The fourth-order valence-corrected chi connectivity index (χ4v) is 1.55. The molecule has 0 aromatic heterocycles. The zero-order valence-corrected chi connectivity index (χ0v) is 10.9. The van der Waals surface area contributed by atoms with Crippen molar-refractivity contribution in [3.05, 3.63) is 34.9 Å². The van der Waals surface area contributed by atoms with Crippen molar-refractivity contribution in [2.45, 2.75) is 19.5 Å². The van der Waals surface area contributed by atoms with Crippen molar-refractivity contribution >= 4 is 29.9 Å². The first-order chi connectivity index (χ1) is 7.00. The summed E-state index contributed by atoms with van der Waals surface area (Å²) in [7, 11) is 1.73. The SMILES string of the molecule is C[C@@H](N)C(=O)N(C)Cc1cccc(Cl)c1.Cl. The number of carbonyl (C=O) groups excluding carboxylic acids is 1. The molecule has 90 valence electrons. The van der Waals surface area contributed by atoms with Crippen LogP contribution in [0.1, 0.15) is 12.5 Å². The van der Waals surface area contributed by atoms with Gasteiger partial charge >= 0.3 is 0 Å². The van der Waals surface area contributed by atoms with Gasteiger partial charge in [0.2, 0.25) is 5.91 Å². The number of likely N-dealkylation sites (N-methyl/N-ethyl adjacent to an activating group) is 1. The molecule has 0 aliphatic rings. The predicted molar refractivity (Wildman–Crippen MR) is 68.8 cm³/mol. The zero-order valence-electron chi connectivity index (χ0n) is 9.31. The first-order valence-electron chi connectivity index (χ1n) is 4.75. The van der Waals surface area contributed by atoms with Gasteiger partial charge in [-0.05, 0) is 24.6 Å². The Labute approximate surface area is 107 Å². The lowest BCUT2D eigenvalue weighted by molar-refractivity contribution is -0.131. The summed E-state index contributed by atoms with van der Waals surface area (Å²) in [6.07, 6.45) is 0. The van der Waals surface area contributed by atoms with Crippen LogP contribution in [0.2, 0.25) is 5.02 Å². The summed E-state index contributed by atoms with van der Waals surface area (Å²) >= 11 is 5.84. The van der Waals surface area contributed by atoms with Crippen molar-refractivity contribution in [3.63, 3.8) is 0 Å². The molecule has 5 heteroatoms. The minimum Gasteiger partial charge on any atom is -0.340 e. The molecular formula is C11H16Cl2N2O. The molecule has 1 atom stereocenters. The molecular weight excluding hydrogens is 247 g/mol. The van der Waals surface area contributed by atoms with Crippen molar-refractivity contribution in [1.82, 2.24) is 4.90 Å². The van der Waals surface area contributed by atoms with Crippen molar-refractivity contribution in [3.8, 4) is 0 Å². The summed E-state index contributed by atoms with van der Waals surface area (Å²) in [5.74, 6) is -0.0741. The zero-order chi connectivity index (χ0) is 11.4. The van der Waals surface area contributed by atoms with Gasteiger partial charge in [-0.25, -0.2) is 0 Å². The smallest absolute Gasteiger partial charge is 0.239 e. The lowest BCUT2D eigenvalue weighted by Gasteiger charge is -2.19. The Bertz CT molecular complexity index is 356. The van der Waals surface area contributed by atoms with Crippen LogP contribution in [-0.2, 0) is 11.3 Å². The number of hydrogen-bond donors (Lipinski definition) is 1. The Balaban J connectivity index is 0.00000225. The number of amides is 1. The second-order valence-corrected chi connectivity index (χ2v) is 4.05. The van der Waals surface area contributed by atoms with E-state index in [0.29, 0.717) is 11.6 Å². The van der Waals surface area contributed by atoms with Crippen LogP contribution in [0.3, 0.4) is 0 Å². The molecule has 16 heavy (non-hydrogen) atoms. The lowest BCUT2D eigenvalue weighted by atomic mass is 10.2. The fraction of sp³-hybridized carbons (Fsp3) is 0.364. The molecule has 0 spiro atoms. The average Bonchev–Trinajstić information content (AvgIpc) is 2.16. The Morgan fingerprint density at radius 3 is 2.69 bits per heavy atom. The quantitative estimate of drug-likeness (QED) is 0.907. The molecule has 0 bridgehead atoms. The van der Waals surface area contributed by atoms with E-state index in [9.17, 15) is 4.79 Å². The normalized spacial score (nSPS) is 11.5. The van der Waals surface area contributed by atoms with Gasteiger partial charge in [0, 0.05) is 18.6 Å². The Morgan fingerprint density at radius 2 is 2.19 bits per heavy atom. The van der Waals surface area contributed by atoms with Crippen LogP contribution in [-0.4, -0.2) is 23.9 Å². The van der Waals surface area contributed by atoms with Crippen molar-refractivity contribution < 1.29 is 4.79 Å². The molecule has 0 fully saturated rings. The number of nitrogens with zero attached hydrogens (tertiary/aromatic N) is 1. The predicted octanol–water partition coefficient (Wildman–Crippen LogP) is 2.07. The van der Waals surface area contributed by atoms with Gasteiger partial charge in [-0.1, -0.05) is 23.7 Å². The molecule has 2 N–H and O–H groups in total. The van der Waals surface area contributed by atoms with E-state index < -0.39 is 6.04 Å².